The third-order valence-electron chi connectivity index (χ3n) is 5.02. The van der Waals surface area contributed by atoms with Gasteiger partial charge in [0.05, 0.1) is 6.10 Å². The summed E-state index contributed by atoms with van der Waals surface area (Å²) < 4.78 is 5.76. The molecule has 3 rings (SSSR count). The molecule has 2 amide bonds. The largest absolute Gasteiger partial charge is 0.491 e. The van der Waals surface area contributed by atoms with Crippen molar-refractivity contribution in [3.63, 3.8) is 0 Å². The summed E-state index contributed by atoms with van der Waals surface area (Å²) in [5.41, 5.74) is 1.81. The van der Waals surface area contributed by atoms with Crippen molar-refractivity contribution in [2.45, 2.75) is 39.2 Å². The maximum Gasteiger partial charge on any atom is 0.257 e. The molecule has 2 aromatic rings. The molecule has 1 heterocycles. The number of carbonyl (C=O) groups is 2. The van der Waals surface area contributed by atoms with Gasteiger partial charge in [-0.1, -0.05) is 13.0 Å². The van der Waals surface area contributed by atoms with Gasteiger partial charge in [0.1, 0.15) is 5.75 Å². The Balaban J connectivity index is 1.55. The Hall–Kier alpha value is -2.93. The van der Waals surface area contributed by atoms with Crippen LogP contribution in [0.15, 0.2) is 48.5 Å². The number of nitrogens with zero attached hydrogens (tertiary/aromatic N) is 1. The Labute approximate surface area is 182 Å². The summed E-state index contributed by atoms with van der Waals surface area (Å²) in [7, 11) is 0. The number of amides is 2. The van der Waals surface area contributed by atoms with Gasteiger partial charge in [0, 0.05) is 29.9 Å². The number of likely N-dealkylation sites (tertiary alicyclic amines) is 1. The molecule has 2 N–H and O–H groups in total. The normalized spacial score (nSPS) is 14.1. The lowest BCUT2D eigenvalue weighted by Crippen LogP contribution is -2.34. The van der Waals surface area contributed by atoms with Crippen molar-refractivity contribution in [2.24, 2.45) is 0 Å². The maximum absolute atomic E-state index is 12.5. The zero-order chi connectivity index (χ0) is 21.5. The van der Waals surface area contributed by atoms with Gasteiger partial charge in [-0.15, -0.1) is 0 Å². The van der Waals surface area contributed by atoms with Crippen LogP contribution in [0.3, 0.4) is 0 Å². The van der Waals surface area contributed by atoms with E-state index >= 15 is 0 Å². The van der Waals surface area contributed by atoms with E-state index < -0.39 is 0 Å². The smallest absolute Gasteiger partial charge is 0.257 e. The second kappa shape index (κ2) is 10.2. The second-order valence-corrected chi connectivity index (χ2v) is 7.76. The molecule has 2 aromatic carbocycles. The summed E-state index contributed by atoms with van der Waals surface area (Å²) in [4.78, 5) is 26.8. The first-order chi connectivity index (χ1) is 14.5. The molecule has 1 unspecified atom stereocenters. The van der Waals surface area contributed by atoms with Crippen LogP contribution in [0.1, 0.15) is 53.8 Å². The van der Waals surface area contributed by atoms with Crippen LogP contribution in [0.4, 0.5) is 5.69 Å². The zero-order valence-electron chi connectivity index (χ0n) is 17.3. The molecule has 0 spiro atoms. The molecule has 0 aliphatic carbocycles. The number of anilines is 1. The van der Waals surface area contributed by atoms with E-state index in [-0.39, 0.29) is 23.0 Å². The van der Waals surface area contributed by atoms with Crippen LogP contribution < -0.4 is 15.4 Å². The van der Waals surface area contributed by atoms with Gasteiger partial charge in [0.15, 0.2) is 5.11 Å². The van der Waals surface area contributed by atoms with Crippen LogP contribution in [0.5, 0.6) is 5.75 Å². The highest BCUT2D eigenvalue weighted by Crippen LogP contribution is 2.17. The molecule has 1 aliphatic rings. The highest BCUT2D eigenvalue weighted by atomic mass is 32.1. The van der Waals surface area contributed by atoms with Crippen molar-refractivity contribution in [1.82, 2.24) is 10.2 Å². The fourth-order valence-electron chi connectivity index (χ4n) is 3.16. The predicted molar refractivity (Wildman–Crippen MR) is 122 cm³/mol. The monoisotopic (exact) mass is 425 g/mol. The van der Waals surface area contributed by atoms with E-state index in [2.05, 4.69) is 10.6 Å². The average molecular weight is 426 g/mol. The molecule has 0 saturated carbocycles. The number of hydrogen-bond acceptors (Lipinski definition) is 4. The van der Waals surface area contributed by atoms with E-state index in [0.717, 1.165) is 32.4 Å². The van der Waals surface area contributed by atoms with Crippen LogP contribution in [-0.2, 0) is 0 Å². The number of benzene rings is 2. The highest BCUT2D eigenvalue weighted by Gasteiger charge is 2.19. The van der Waals surface area contributed by atoms with Gasteiger partial charge in [0.25, 0.3) is 11.8 Å². The lowest BCUT2D eigenvalue weighted by Gasteiger charge is -2.16. The van der Waals surface area contributed by atoms with Gasteiger partial charge in [-0.2, -0.15) is 0 Å². The van der Waals surface area contributed by atoms with Crippen molar-refractivity contribution in [3.05, 3.63) is 59.7 Å². The third kappa shape index (κ3) is 5.79. The number of rotatable bonds is 6. The van der Waals surface area contributed by atoms with Crippen LogP contribution >= 0.6 is 12.2 Å². The predicted octanol–water partition coefficient (Wildman–Crippen LogP) is 4.23. The number of hydrogen-bond donors (Lipinski definition) is 2. The van der Waals surface area contributed by atoms with Gasteiger partial charge in [-0.3, -0.25) is 14.9 Å². The average Bonchev–Trinajstić information content (AvgIpc) is 3.28. The highest BCUT2D eigenvalue weighted by molar-refractivity contribution is 7.80. The first-order valence-corrected chi connectivity index (χ1v) is 10.7. The first-order valence-electron chi connectivity index (χ1n) is 10.2. The molecule has 0 aromatic heterocycles. The minimum Gasteiger partial charge on any atom is -0.491 e. The quantitative estimate of drug-likeness (QED) is 0.678. The molecule has 0 bridgehead atoms. The maximum atomic E-state index is 12.5. The fraction of sp³-hybridized carbons (Fsp3) is 0.348. The molecule has 6 nitrogen and oxygen atoms in total. The Morgan fingerprint density at radius 3 is 2.47 bits per heavy atom. The molecular formula is C23H27N3O3S. The Kier molecular flexibility index (Phi) is 7.41. The van der Waals surface area contributed by atoms with E-state index in [9.17, 15) is 9.59 Å². The zero-order valence-corrected chi connectivity index (χ0v) is 18.1. The summed E-state index contributed by atoms with van der Waals surface area (Å²) in [6.45, 7) is 5.66. The molecular weight excluding hydrogens is 398 g/mol. The molecule has 1 fully saturated rings. The van der Waals surface area contributed by atoms with E-state index in [1.165, 1.54) is 0 Å². The Bertz CT molecular complexity index is 908. The molecule has 1 saturated heterocycles. The van der Waals surface area contributed by atoms with Crippen molar-refractivity contribution in [3.8, 4) is 5.75 Å². The third-order valence-corrected chi connectivity index (χ3v) is 5.22. The molecule has 7 heteroatoms. The standard InChI is InChI=1S/C23H27N3O3S/c1-3-16(2)29-20-8-6-7-18(15-20)21(27)25-23(30)24-19-11-9-17(10-12-19)22(28)26-13-4-5-14-26/h6-12,15-16H,3-5,13-14H2,1-2H3,(H2,24,25,27,30). The Morgan fingerprint density at radius 2 is 1.80 bits per heavy atom. The van der Waals surface area contributed by atoms with Crippen LogP contribution in [0.2, 0.25) is 0 Å². The van der Waals surface area contributed by atoms with E-state index in [1.807, 2.05) is 24.8 Å². The van der Waals surface area contributed by atoms with Crippen LogP contribution in [-0.4, -0.2) is 41.0 Å². The SMILES string of the molecule is CCC(C)Oc1cccc(C(=O)NC(=S)Nc2ccc(C(=O)N3CCCC3)cc2)c1. The van der Waals surface area contributed by atoms with Crippen LogP contribution in [0.25, 0.3) is 0 Å². The van der Waals surface area contributed by atoms with Gasteiger partial charge < -0.3 is 15.0 Å². The lowest BCUT2D eigenvalue weighted by atomic mass is 10.2. The van der Waals surface area contributed by atoms with Crippen LogP contribution in [0, 0.1) is 0 Å². The van der Waals surface area contributed by atoms with E-state index in [0.29, 0.717) is 22.6 Å². The molecule has 158 valence electrons. The van der Waals surface area contributed by atoms with Crippen molar-refractivity contribution in [2.75, 3.05) is 18.4 Å². The summed E-state index contributed by atoms with van der Waals surface area (Å²) in [5, 5.41) is 5.84. The van der Waals surface area contributed by atoms with Crippen molar-refractivity contribution >= 4 is 34.8 Å². The molecule has 30 heavy (non-hydrogen) atoms. The Morgan fingerprint density at radius 1 is 1.10 bits per heavy atom. The summed E-state index contributed by atoms with van der Waals surface area (Å²) >= 11 is 5.26. The molecule has 1 aliphatic heterocycles. The van der Waals surface area contributed by atoms with E-state index in [1.54, 1.807) is 42.5 Å². The van der Waals surface area contributed by atoms with Gasteiger partial charge in [-0.25, -0.2) is 0 Å². The summed E-state index contributed by atoms with van der Waals surface area (Å²) in [6, 6.07) is 14.1. The fourth-order valence-corrected chi connectivity index (χ4v) is 3.37. The second-order valence-electron chi connectivity index (χ2n) is 7.35. The minimum absolute atomic E-state index is 0.0504. The van der Waals surface area contributed by atoms with E-state index in [4.69, 9.17) is 17.0 Å². The topological polar surface area (TPSA) is 70.7 Å². The van der Waals surface area contributed by atoms with Gasteiger partial charge in [-0.05, 0) is 80.9 Å². The minimum atomic E-state index is -0.317. The molecule has 0 radical (unpaired) electrons. The number of nitrogens with one attached hydrogen (secondary N) is 2. The van der Waals surface area contributed by atoms with Crippen molar-refractivity contribution < 1.29 is 14.3 Å². The van der Waals surface area contributed by atoms with Gasteiger partial charge in [0.2, 0.25) is 0 Å². The number of carbonyl (C=O) groups excluding carboxylic acids is 2. The summed E-state index contributed by atoms with van der Waals surface area (Å²) in [6.07, 6.45) is 3.08. The van der Waals surface area contributed by atoms with Gasteiger partial charge >= 0.3 is 0 Å². The number of ether oxygens (including phenoxy) is 1. The first kappa shape index (κ1) is 21.8. The summed E-state index contributed by atoms with van der Waals surface area (Å²) in [5.74, 6) is 0.381. The van der Waals surface area contributed by atoms with Crippen molar-refractivity contribution in [1.29, 1.82) is 0 Å². The molecule has 1 atom stereocenters. The number of thiocarbonyl (C=S) groups is 1. The lowest BCUT2D eigenvalue weighted by molar-refractivity contribution is 0.0792.